The normalized spacial score (nSPS) is 13.1. The third-order valence-corrected chi connectivity index (χ3v) is 4.84. The van der Waals surface area contributed by atoms with Crippen molar-refractivity contribution in [2.75, 3.05) is 0 Å². The van der Waals surface area contributed by atoms with Gasteiger partial charge in [0.05, 0.1) is 5.52 Å². The van der Waals surface area contributed by atoms with Crippen LogP contribution in [0.5, 0.6) is 11.5 Å². The molecule has 1 aliphatic carbocycles. The van der Waals surface area contributed by atoms with Gasteiger partial charge in [0.15, 0.2) is 5.82 Å². The third kappa shape index (κ3) is 2.95. The molecule has 3 nitrogen and oxygen atoms in total. The van der Waals surface area contributed by atoms with Gasteiger partial charge >= 0.3 is 0 Å². The molecule has 0 bridgehead atoms. The molecule has 1 radical (unpaired) electrons. The fourth-order valence-corrected chi connectivity index (χ4v) is 3.56. The Balaban J connectivity index is 1.48. The van der Waals surface area contributed by atoms with Crippen molar-refractivity contribution in [1.29, 1.82) is 0 Å². The van der Waals surface area contributed by atoms with E-state index in [1.165, 1.54) is 23.6 Å². The maximum atomic E-state index is 13.9. The Morgan fingerprint density at radius 1 is 0.963 bits per heavy atom. The SMILES string of the molecule is Fc1cc(F)c2[nH]c(-c3[c]ccc(Oc4ccc5c(c4)CCC5)c3)nc2c1. The Bertz CT molecular complexity index is 1170. The summed E-state index contributed by atoms with van der Waals surface area (Å²) in [5, 5.41) is 0. The molecule has 5 heteroatoms. The van der Waals surface area contributed by atoms with Gasteiger partial charge in [-0.15, -0.1) is 0 Å². The van der Waals surface area contributed by atoms with Gasteiger partial charge in [0.25, 0.3) is 0 Å². The van der Waals surface area contributed by atoms with Crippen LogP contribution in [0.2, 0.25) is 0 Å². The first-order valence-corrected chi connectivity index (χ1v) is 8.82. The summed E-state index contributed by atoms with van der Waals surface area (Å²) in [5.41, 5.74) is 3.75. The van der Waals surface area contributed by atoms with Crippen molar-refractivity contribution < 1.29 is 13.5 Å². The smallest absolute Gasteiger partial charge is 0.151 e. The summed E-state index contributed by atoms with van der Waals surface area (Å²) in [6, 6.07) is 16.6. The van der Waals surface area contributed by atoms with E-state index >= 15 is 0 Å². The van der Waals surface area contributed by atoms with Crippen molar-refractivity contribution in [3.63, 3.8) is 0 Å². The topological polar surface area (TPSA) is 37.9 Å². The molecule has 0 unspecified atom stereocenters. The Kier molecular flexibility index (Phi) is 3.67. The van der Waals surface area contributed by atoms with Gasteiger partial charge in [-0.2, -0.15) is 0 Å². The van der Waals surface area contributed by atoms with E-state index in [1.807, 2.05) is 6.07 Å². The lowest BCUT2D eigenvalue weighted by molar-refractivity contribution is 0.482. The number of rotatable bonds is 3. The minimum atomic E-state index is -0.672. The summed E-state index contributed by atoms with van der Waals surface area (Å²) >= 11 is 0. The summed E-state index contributed by atoms with van der Waals surface area (Å²) in [5.74, 6) is 0.498. The first-order chi connectivity index (χ1) is 13.2. The lowest BCUT2D eigenvalue weighted by Crippen LogP contribution is -1.89. The van der Waals surface area contributed by atoms with Crippen molar-refractivity contribution in [2.45, 2.75) is 19.3 Å². The van der Waals surface area contributed by atoms with Crippen molar-refractivity contribution in [1.82, 2.24) is 9.97 Å². The van der Waals surface area contributed by atoms with E-state index in [-0.39, 0.29) is 11.0 Å². The van der Waals surface area contributed by atoms with Gasteiger partial charge in [-0.3, -0.25) is 0 Å². The van der Waals surface area contributed by atoms with E-state index < -0.39 is 11.6 Å². The molecule has 5 rings (SSSR count). The van der Waals surface area contributed by atoms with Gasteiger partial charge in [0, 0.05) is 17.7 Å². The lowest BCUT2D eigenvalue weighted by atomic mass is 10.1. The summed E-state index contributed by atoms with van der Waals surface area (Å²) in [7, 11) is 0. The Morgan fingerprint density at radius 2 is 1.81 bits per heavy atom. The van der Waals surface area contributed by atoms with Crippen molar-refractivity contribution in [3.8, 4) is 22.9 Å². The highest BCUT2D eigenvalue weighted by Crippen LogP contribution is 2.31. The number of hydrogen-bond acceptors (Lipinski definition) is 2. The fourth-order valence-electron chi connectivity index (χ4n) is 3.56. The van der Waals surface area contributed by atoms with Gasteiger partial charge in [-0.05, 0) is 66.8 Å². The van der Waals surface area contributed by atoms with Crippen LogP contribution in [0, 0.1) is 17.7 Å². The van der Waals surface area contributed by atoms with Gasteiger partial charge in [0.2, 0.25) is 0 Å². The average molecular weight is 361 g/mol. The van der Waals surface area contributed by atoms with Crippen LogP contribution in [-0.2, 0) is 12.8 Å². The van der Waals surface area contributed by atoms with Crippen molar-refractivity contribution in [2.24, 2.45) is 0 Å². The molecule has 1 heterocycles. The van der Waals surface area contributed by atoms with E-state index in [4.69, 9.17) is 4.74 Å². The summed E-state index contributed by atoms with van der Waals surface area (Å²) in [4.78, 5) is 7.17. The molecule has 0 fully saturated rings. The largest absolute Gasteiger partial charge is 0.457 e. The maximum Gasteiger partial charge on any atom is 0.151 e. The Hall–Kier alpha value is -3.21. The van der Waals surface area contributed by atoms with Crippen LogP contribution < -0.4 is 4.74 Å². The van der Waals surface area contributed by atoms with E-state index in [2.05, 4.69) is 28.2 Å². The number of hydrogen-bond donors (Lipinski definition) is 1. The van der Waals surface area contributed by atoms with E-state index in [9.17, 15) is 8.78 Å². The molecule has 0 amide bonds. The number of imidazole rings is 1. The average Bonchev–Trinajstić information content (AvgIpc) is 3.28. The number of nitrogens with one attached hydrogen (secondary N) is 1. The number of ether oxygens (including phenoxy) is 1. The van der Waals surface area contributed by atoms with E-state index in [0.29, 0.717) is 17.1 Å². The quantitative estimate of drug-likeness (QED) is 0.517. The molecule has 27 heavy (non-hydrogen) atoms. The van der Waals surface area contributed by atoms with E-state index in [0.717, 1.165) is 24.7 Å². The third-order valence-electron chi connectivity index (χ3n) is 4.84. The Morgan fingerprint density at radius 3 is 2.74 bits per heavy atom. The van der Waals surface area contributed by atoms with Crippen LogP contribution in [0.4, 0.5) is 8.78 Å². The molecule has 1 N–H and O–H groups in total. The molecule has 133 valence electrons. The van der Waals surface area contributed by atoms with Crippen molar-refractivity contribution >= 4 is 11.0 Å². The number of nitrogens with zero attached hydrogens (tertiary/aromatic N) is 1. The highest BCUT2D eigenvalue weighted by molar-refractivity contribution is 5.80. The van der Waals surface area contributed by atoms with Crippen LogP contribution in [0.25, 0.3) is 22.4 Å². The predicted octanol–water partition coefficient (Wildman–Crippen LogP) is 5.59. The second-order valence-electron chi connectivity index (χ2n) is 6.69. The van der Waals surface area contributed by atoms with Gasteiger partial charge < -0.3 is 9.72 Å². The lowest BCUT2D eigenvalue weighted by Gasteiger charge is -2.08. The van der Waals surface area contributed by atoms with Crippen LogP contribution in [-0.4, -0.2) is 9.97 Å². The number of aromatic amines is 1. The highest BCUT2D eigenvalue weighted by Gasteiger charge is 2.13. The molecule has 0 atom stereocenters. The second-order valence-corrected chi connectivity index (χ2v) is 6.69. The minimum Gasteiger partial charge on any atom is -0.457 e. The molecule has 0 aliphatic heterocycles. The first-order valence-electron chi connectivity index (χ1n) is 8.82. The predicted molar refractivity (Wildman–Crippen MR) is 98.8 cm³/mol. The summed E-state index contributed by atoms with van der Waals surface area (Å²) < 4.78 is 33.3. The summed E-state index contributed by atoms with van der Waals surface area (Å²) in [6.45, 7) is 0. The molecule has 0 spiro atoms. The molecule has 0 saturated carbocycles. The number of halogens is 2. The second kappa shape index (κ2) is 6.20. The fraction of sp³-hybridized carbons (Fsp3) is 0.136. The van der Waals surface area contributed by atoms with Gasteiger partial charge in [-0.25, -0.2) is 13.8 Å². The first kappa shape index (κ1) is 16.0. The number of fused-ring (bicyclic) bond motifs is 2. The molecule has 0 saturated heterocycles. The van der Waals surface area contributed by atoms with Crippen molar-refractivity contribution in [3.05, 3.63) is 77.4 Å². The number of aromatic nitrogens is 2. The number of benzene rings is 3. The molecule has 1 aliphatic rings. The Labute approximate surface area is 154 Å². The van der Waals surface area contributed by atoms with Crippen LogP contribution in [0.1, 0.15) is 17.5 Å². The zero-order valence-electron chi connectivity index (χ0n) is 14.4. The molecule has 1 aromatic heterocycles. The summed E-state index contributed by atoms with van der Waals surface area (Å²) in [6.07, 6.45) is 3.40. The van der Waals surface area contributed by atoms with Crippen LogP contribution >= 0.6 is 0 Å². The van der Waals surface area contributed by atoms with Crippen LogP contribution in [0.3, 0.4) is 0 Å². The van der Waals surface area contributed by atoms with Gasteiger partial charge in [0.1, 0.15) is 28.7 Å². The minimum absolute atomic E-state index is 0.171. The number of H-pyrrole nitrogens is 1. The zero-order valence-corrected chi connectivity index (χ0v) is 14.4. The molecular formula is C22H15F2N2O. The molecule has 3 aromatic carbocycles. The maximum absolute atomic E-state index is 13.9. The van der Waals surface area contributed by atoms with Gasteiger partial charge in [-0.1, -0.05) is 6.07 Å². The number of aryl methyl sites for hydroxylation is 2. The monoisotopic (exact) mass is 361 g/mol. The molecule has 4 aromatic rings. The van der Waals surface area contributed by atoms with Crippen LogP contribution in [0.15, 0.2) is 48.5 Å². The highest BCUT2D eigenvalue weighted by atomic mass is 19.1. The van der Waals surface area contributed by atoms with E-state index in [1.54, 1.807) is 18.2 Å². The molecular weight excluding hydrogens is 346 g/mol. The zero-order chi connectivity index (χ0) is 18.4. The standard InChI is InChI=1S/C22H15F2N2O/c23-16-11-19(24)21-20(12-16)25-22(26-21)15-5-2-6-17(10-15)27-18-8-7-13-3-1-4-14(13)9-18/h2,6-12H,1,3-4H2,(H,25,26).